The van der Waals surface area contributed by atoms with Gasteiger partial charge in [0.25, 0.3) is 0 Å². The van der Waals surface area contributed by atoms with E-state index in [9.17, 15) is 14.3 Å². The maximum atomic E-state index is 13.3. The zero-order valence-electron chi connectivity index (χ0n) is 13.0. The zero-order valence-corrected chi connectivity index (χ0v) is 13.9. The van der Waals surface area contributed by atoms with E-state index in [2.05, 4.69) is 19.1 Å². The van der Waals surface area contributed by atoms with E-state index < -0.39 is 12.0 Å². The van der Waals surface area contributed by atoms with Gasteiger partial charge in [-0.2, -0.15) is 0 Å². The summed E-state index contributed by atoms with van der Waals surface area (Å²) in [6.45, 7) is 2.86. The number of likely N-dealkylation sites (tertiary alicyclic amines) is 1. The molecule has 2 heterocycles. The summed E-state index contributed by atoms with van der Waals surface area (Å²) >= 11 is 1.71. The highest BCUT2D eigenvalue weighted by atomic mass is 32.1. The van der Waals surface area contributed by atoms with Gasteiger partial charge >= 0.3 is 5.97 Å². The normalized spacial score (nSPS) is 19.8. The van der Waals surface area contributed by atoms with Crippen LogP contribution in [0.25, 0.3) is 0 Å². The fourth-order valence-electron chi connectivity index (χ4n) is 3.26. The van der Waals surface area contributed by atoms with Crippen LogP contribution in [-0.2, 0) is 11.2 Å². The number of hydrogen-bond acceptors (Lipinski definition) is 3. The molecule has 1 fully saturated rings. The third kappa shape index (κ3) is 3.31. The van der Waals surface area contributed by atoms with Gasteiger partial charge in [0.2, 0.25) is 0 Å². The molecule has 3 rings (SSSR count). The summed E-state index contributed by atoms with van der Waals surface area (Å²) in [6, 6.07) is 10.0. The van der Waals surface area contributed by atoms with Crippen molar-refractivity contribution in [2.24, 2.45) is 0 Å². The van der Waals surface area contributed by atoms with Crippen LogP contribution in [0.2, 0.25) is 0 Å². The van der Waals surface area contributed by atoms with Gasteiger partial charge in [0.05, 0.1) is 6.04 Å². The van der Waals surface area contributed by atoms with Crippen molar-refractivity contribution in [1.29, 1.82) is 0 Å². The van der Waals surface area contributed by atoms with Crippen LogP contribution in [0.1, 0.15) is 41.1 Å². The summed E-state index contributed by atoms with van der Waals surface area (Å²) in [5.41, 5.74) is 0.948. The number of halogens is 1. The van der Waals surface area contributed by atoms with Crippen molar-refractivity contribution >= 4 is 17.3 Å². The summed E-state index contributed by atoms with van der Waals surface area (Å²) in [5, 5.41) is 9.52. The molecule has 0 aliphatic carbocycles. The molecule has 3 nitrogen and oxygen atoms in total. The molecular formula is C18H20FNO2S. The minimum atomic E-state index is -0.776. The fourth-order valence-corrected chi connectivity index (χ4v) is 4.36. The van der Waals surface area contributed by atoms with E-state index in [1.807, 2.05) is 4.90 Å². The molecular weight excluding hydrogens is 313 g/mol. The largest absolute Gasteiger partial charge is 0.480 e. The quantitative estimate of drug-likeness (QED) is 0.896. The molecule has 2 aromatic rings. The molecule has 23 heavy (non-hydrogen) atoms. The van der Waals surface area contributed by atoms with E-state index in [0.29, 0.717) is 6.42 Å². The summed E-state index contributed by atoms with van der Waals surface area (Å²) in [4.78, 5) is 16.0. The molecule has 1 aromatic carbocycles. The van der Waals surface area contributed by atoms with E-state index in [1.54, 1.807) is 23.5 Å². The van der Waals surface area contributed by atoms with Gasteiger partial charge in [0.1, 0.15) is 11.9 Å². The molecule has 2 atom stereocenters. The van der Waals surface area contributed by atoms with Crippen molar-refractivity contribution in [2.45, 2.75) is 38.3 Å². The third-order valence-electron chi connectivity index (χ3n) is 4.40. The molecule has 1 saturated heterocycles. The van der Waals surface area contributed by atoms with Crippen LogP contribution < -0.4 is 0 Å². The van der Waals surface area contributed by atoms with Crippen molar-refractivity contribution in [2.75, 3.05) is 6.54 Å². The van der Waals surface area contributed by atoms with Crippen LogP contribution in [-0.4, -0.2) is 28.6 Å². The van der Waals surface area contributed by atoms with E-state index in [4.69, 9.17) is 0 Å². The molecule has 2 unspecified atom stereocenters. The molecule has 1 aliphatic rings. The Morgan fingerprint density at radius 2 is 2.09 bits per heavy atom. The Labute approximate surface area is 139 Å². The van der Waals surface area contributed by atoms with E-state index in [1.165, 1.54) is 17.0 Å². The van der Waals surface area contributed by atoms with Gasteiger partial charge in [-0.3, -0.25) is 9.69 Å². The lowest BCUT2D eigenvalue weighted by Gasteiger charge is -2.31. The first-order valence-corrected chi connectivity index (χ1v) is 8.74. The number of carbonyl (C=O) groups is 1. The molecule has 1 aliphatic heterocycles. The lowest BCUT2D eigenvalue weighted by atomic mass is 10.0. The number of carboxylic acid groups (broad SMARTS) is 1. The van der Waals surface area contributed by atoms with Crippen LogP contribution in [0.3, 0.4) is 0 Å². The van der Waals surface area contributed by atoms with Gasteiger partial charge in [-0.05, 0) is 49.1 Å². The van der Waals surface area contributed by atoms with Crippen molar-refractivity contribution in [3.05, 3.63) is 57.5 Å². The van der Waals surface area contributed by atoms with Gasteiger partial charge in [-0.1, -0.05) is 19.1 Å². The molecule has 5 heteroatoms. The summed E-state index contributed by atoms with van der Waals surface area (Å²) in [7, 11) is 0. The number of thiophene rings is 1. The molecule has 0 bridgehead atoms. The Bertz CT molecular complexity index is 683. The number of benzene rings is 1. The molecule has 0 saturated carbocycles. The topological polar surface area (TPSA) is 40.5 Å². The summed E-state index contributed by atoms with van der Waals surface area (Å²) < 4.78 is 13.3. The van der Waals surface area contributed by atoms with Crippen molar-refractivity contribution in [1.82, 2.24) is 4.90 Å². The molecule has 0 radical (unpaired) electrons. The van der Waals surface area contributed by atoms with Crippen molar-refractivity contribution in [3.63, 3.8) is 0 Å². The number of carboxylic acids is 1. The molecule has 0 spiro atoms. The van der Waals surface area contributed by atoms with Crippen molar-refractivity contribution in [3.8, 4) is 0 Å². The maximum absolute atomic E-state index is 13.3. The van der Waals surface area contributed by atoms with Gasteiger partial charge in [0.15, 0.2) is 0 Å². The van der Waals surface area contributed by atoms with E-state index >= 15 is 0 Å². The van der Waals surface area contributed by atoms with Crippen LogP contribution in [0.5, 0.6) is 0 Å². The predicted molar refractivity (Wildman–Crippen MR) is 89.3 cm³/mol. The second-order valence-corrected chi connectivity index (χ2v) is 7.05. The smallest absolute Gasteiger partial charge is 0.320 e. The standard InChI is InChI=1S/C18H20FNO2S/c1-2-14-9-10-16(23-14)17(12-5-7-13(19)8-6-12)20-11-3-4-15(20)18(21)22/h5-10,15,17H,2-4,11H2,1H3,(H,21,22). The summed E-state index contributed by atoms with van der Waals surface area (Å²) in [6.07, 6.45) is 2.50. The number of aliphatic carboxylic acids is 1. The Balaban J connectivity index is 2.02. The first-order valence-electron chi connectivity index (χ1n) is 7.92. The predicted octanol–water partition coefficient (Wildman–Crippen LogP) is 4.09. The van der Waals surface area contributed by atoms with Gasteiger partial charge in [-0.25, -0.2) is 4.39 Å². The SMILES string of the molecule is CCc1ccc(C(c2ccc(F)cc2)N2CCCC2C(=O)O)s1. The van der Waals surface area contributed by atoms with E-state index in [0.717, 1.165) is 29.8 Å². The second kappa shape index (κ2) is 6.81. The minimum absolute atomic E-state index is 0.121. The van der Waals surface area contributed by atoms with Crippen LogP contribution in [0.4, 0.5) is 4.39 Å². The highest BCUT2D eigenvalue weighted by Crippen LogP contribution is 2.38. The Morgan fingerprint density at radius 3 is 2.70 bits per heavy atom. The molecule has 0 amide bonds. The van der Waals surface area contributed by atoms with Crippen LogP contribution in [0, 0.1) is 5.82 Å². The molecule has 122 valence electrons. The van der Waals surface area contributed by atoms with Crippen LogP contribution >= 0.6 is 11.3 Å². The number of nitrogens with zero attached hydrogens (tertiary/aromatic N) is 1. The maximum Gasteiger partial charge on any atom is 0.320 e. The Kier molecular flexibility index (Phi) is 4.78. The number of rotatable bonds is 5. The van der Waals surface area contributed by atoms with Gasteiger partial charge < -0.3 is 5.11 Å². The molecule has 1 N–H and O–H groups in total. The zero-order chi connectivity index (χ0) is 16.4. The highest BCUT2D eigenvalue weighted by molar-refractivity contribution is 7.12. The van der Waals surface area contributed by atoms with Gasteiger partial charge in [0, 0.05) is 16.3 Å². The fraction of sp³-hybridized carbons (Fsp3) is 0.389. The average molecular weight is 333 g/mol. The van der Waals surface area contributed by atoms with Crippen molar-refractivity contribution < 1.29 is 14.3 Å². The monoisotopic (exact) mass is 333 g/mol. The summed E-state index contributed by atoms with van der Waals surface area (Å²) in [5.74, 6) is -1.05. The molecule has 1 aromatic heterocycles. The first kappa shape index (κ1) is 16.1. The minimum Gasteiger partial charge on any atom is -0.480 e. The lowest BCUT2D eigenvalue weighted by Crippen LogP contribution is -2.39. The number of hydrogen-bond donors (Lipinski definition) is 1. The first-order chi connectivity index (χ1) is 11.1. The van der Waals surface area contributed by atoms with Crippen LogP contribution in [0.15, 0.2) is 36.4 Å². The lowest BCUT2D eigenvalue weighted by molar-refractivity contribution is -0.142. The van der Waals surface area contributed by atoms with E-state index in [-0.39, 0.29) is 11.9 Å². The Hall–Kier alpha value is -1.72. The Morgan fingerprint density at radius 1 is 1.35 bits per heavy atom. The third-order valence-corrected chi connectivity index (χ3v) is 5.68. The highest BCUT2D eigenvalue weighted by Gasteiger charge is 2.37. The number of aryl methyl sites for hydroxylation is 1. The average Bonchev–Trinajstić information content (AvgIpc) is 3.19. The second-order valence-electron chi connectivity index (χ2n) is 5.85. The van der Waals surface area contributed by atoms with Gasteiger partial charge in [-0.15, -0.1) is 11.3 Å².